The van der Waals surface area contributed by atoms with E-state index in [1.165, 1.54) is 89.2 Å². The summed E-state index contributed by atoms with van der Waals surface area (Å²) in [7, 11) is 2.91. The van der Waals surface area contributed by atoms with Gasteiger partial charge in [0.25, 0.3) is 0 Å². The Hall–Kier alpha value is -4.18. The molecule has 1 aromatic rings. The monoisotopic (exact) mass is 865 g/mol. The minimum absolute atomic E-state index is 0.00634. The lowest BCUT2D eigenvalue weighted by Crippen LogP contribution is -1.98. The minimum atomic E-state index is 0.00634. The van der Waals surface area contributed by atoms with Crippen LogP contribution in [0.1, 0.15) is 203 Å². The average Bonchev–Trinajstić information content (AvgIpc) is 3.21. The molecule has 0 amide bonds. The lowest BCUT2D eigenvalue weighted by atomic mass is 9.99. The van der Waals surface area contributed by atoms with Crippen LogP contribution in [0.4, 0.5) is 0 Å². The van der Waals surface area contributed by atoms with Crippen molar-refractivity contribution in [2.75, 3.05) is 14.2 Å². The predicted octanol–water partition coefficient (Wildman–Crippen LogP) is 18.5. The van der Waals surface area contributed by atoms with Crippen molar-refractivity contribution in [3.63, 3.8) is 0 Å². The molecule has 0 atom stereocenters. The van der Waals surface area contributed by atoms with E-state index < -0.39 is 0 Å². The Morgan fingerprint density at radius 3 is 0.810 bits per heavy atom. The molecule has 63 heavy (non-hydrogen) atoms. The molecular formula is C59H92O4. The van der Waals surface area contributed by atoms with Gasteiger partial charge in [0.1, 0.15) is 0 Å². The van der Waals surface area contributed by atoms with Gasteiger partial charge in [0.2, 0.25) is 11.5 Å². The van der Waals surface area contributed by atoms with E-state index in [1.807, 2.05) is 0 Å². The quantitative estimate of drug-likeness (QED) is 0.0577. The van der Waals surface area contributed by atoms with Crippen molar-refractivity contribution in [3.05, 3.63) is 128 Å². The second-order valence-electron chi connectivity index (χ2n) is 18.7. The molecule has 0 radical (unpaired) electrons. The van der Waals surface area contributed by atoms with Crippen LogP contribution in [0.3, 0.4) is 0 Å². The fourth-order valence-electron chi connectivity index (χ4n) is 7.62. The van der Waals surface area contributed by atoms with Crippen LogP contribution < -0.4 is 9.47 Å². The maximum atomic E-state index is 10.7. The Balaban J connectivity index is 2.32. The first-order valence-corrected chi connectivity index (χ1v) is 24.2. The van der Waals surface area contributed by atoms with Crippen molar-refractivity contribution in [2.24, 2.45) is 0 Å². The largest absolute Gasteiger partial charge is 0.504 e. The Kier molecular flexibility index (Phi) is 30.1. The molecule has 0 aromatic heterocycles. The van der Waals surface area contributed by atoms with E-state index in [0.717, 1.165) is 96.3 Å². The highest BCUT2D eigenvalue weighted by Crippen LogP contribution is 2.48. The lowest BCUT2D eigenvalue weighted by Gasteiger charge is -2.17. The van der Waals surface area contributed by atoms with E-state index in [4.69, 9.17) is 9.47 Å². The minimum Gasteiger partial charge on any atom is -0.504 e. The van der Waals surface area contributed by atoms with E-state index in [1.54, 1.807) is 6.92 Å². The Bertz CT molecular complexity index is 1840. The average molecular weight is 865 g/mol. The smallest absolute Gasteiger partial charge is 0.207 e. The number of benzene rings is 1. The van der Waals surface area contributed by atoms with Crippen molar-refractivity contribution >= 4 is 0 Å². The summed E-state index contributed by atoms with van der Waals surface area (Å²) in [6.07, 6.45) is 44.6. The van der Waals surface area contributed by atoms with Gasteiger partial charge < -0.3 is 19.7 Å². The lowest BCUT2D eigenvalue weighted by molar-refractivity contribution is 0.314. The standard InChI is InChI=1S/C59H92O4/c1-44(2)24-15-25-45(3)26-16-27-46(4)28-17-29-47(5)30-18-31-48(6)32-19-33-49(7)34-20-35-50(8)36-21-37-51(9)38-22-39-52(10)40-23-41-53(11)42-43-55-54(12)56(60)58(62-13)59(63-14)57(55)61/h24,26,28,30,32,34,36,38,40,42,60-61H,15-23,25,27,29,31,33,35,37,39,41,43H2,1-14H3/b45-26+,46-28+,47-30+,48-32+,49-34-,50-36+,51-38+,52-40+,53-42+. The third-order valence-corrected chi connectivity index (χ3v) is 12.1. The summed E-state index contributed by atoms with van der Waals surface area (Å²) < 4.78 is 10.5. The number of phenols is 2. The zero-order valence-electron chi connectivity index (χ0n) is 42.9. The molecule has 4 heteroatoms. The molecule has 0 heterocycles. The van der Waals surface area contributed by atoms with Crippen molar-refractivity contribution in [1.29, 1.82) is 0 Å². The van der Waals surface area contributed by atoms with E-state index in [0.29, 0.717) is 17.5 Å². The zero-order valence-corrected chi connectivity index (χ0v) is 42.9. The summed E-state index contributed by atoms with van der Waals surface area (Å²) in [5.74, 6) is 0.356. The van der Waals surface area contributed by atoms with Crippen molar-refractivity contribution in [2.45, 2.75) is 205 Å². The molecule has 0 aliphatic carbocycles. The first kappa shape index (κ1) is 56.8. The first-order chi connectivity index (χ1) is 30.0. The van der Waals surface area contributed by atoms with Crippen LogP contribution in [0.2, 0.25) is 0 Å². The van der Waals surface area contributed by atoms with Gasteiger partial charge in [-0.1, -0.05) is 116 Å². The first-order valence-electron chi connectivity index (χ1n) is 24.2. The molecule has 0 aliphatic heterocycles. The Labute approximate surface area is 388 Å². The van der Waals surface area contributed by atoms with E-state index >= 15 is 0 Å². The molecule has 0 unspecified atom stereocenters. The normalized spacial score (nSPS) is 14.2. The fraction of sp³-hybridized carbons (Fsp3) is 0.559. The summed E-state index contributed by atoms with van der Waals surface area (Å²) >= 11 is 0. The van der Waals surface area contributed by atoms with Gasteiger partial charge in [0.15, 0.2) is 11.5 Å². The van der Waals surface area contributed by atoms with Gasteiger partial charge in [-0.3, -0.25) is 0 Å². The maximum Gasteiger partial charge on any atom is 0.207 e. The van der Waals surface area contributed by atoms with Gasteiger partial charge in [0, 0.05) is 11.1 Å². The van der Waals surface area contributed by atoms with Crippen LogP contribution in [-0.2, 0) is 6.42 Å². The third kappa shape index (κ3) is 26.3. The predicted molar refractivity (Wildman–Crippen MR) is 278 cm³/mol. The Morgan fingerprint density at radius 2 is 0.571 bits per heavy atom. The molecular weight excluding hydrogens is 773 g/mol. The van der Waals surface area contributed by atoms with Crippen LogP contribution in [-0.4, -0.2) is 24.4 Å². The van der Waals surface area contributed by atoms with Crippen LogP contribution in [0.5, 0.6) is 23.0 Å². The number of hydrogen-bond donors (Lipinski definition) is 2. The summed E-state index contributed by atoms with van der Waals surface area (Å²) in [5, 5.41) is 21.3. The number of rotatable bonds is 31. The summed E-state index contributed by atoms with van der Waals surface area (Å²) in [6, 6.07) is 0. The maximum absolute atomic E-state index is 10.7. The summed E-state index contributed by atoms with van der Waals surface area (Å²) in [4.78, 5) is 0. The number of ether oxygens (including phenoxy) is 2. The molecule has 4 nitrogen and oxygen atoms in total. The van der Waals surface area contributed by atoms with Gasteiger partial charge in [0.05, 0.1) is 14.2 Å². The molecule has 2 N–H and O–H groups in total. The van der Waals surface area contributed by atoms with Crippen LogP contribution in [0.15, 0.2) is 116 Å². The van der Waals surface area contributed by atoms with E-state index in [9.17, 15) is 10.2 Å². The topological polar surface area (TPSA) is 58.9 Å². The van der Waals surface area contributed by atoms with Crippen molar-refractivity contribution in [3.8, 4) is 23.0 Å². The van der Waals surface area contributed by atoms with Crippen molar-refractivity contribution < 1.29 is 19.7 Å². The number of phenolic OH excluding ortho intramolecular Hbond substituents is 2. The van der Waals surface area contributed by atoms with Gasteiger partial charge in [-0.15, -0.1) is 0 Å². The molecule has 0 saturated heterocycles. The highest BCUT2D eigenvalue weighted by molar-refractivity contribution is 5.66. The molecule has 1 rings (SSSR count). The second kappa shape index (κ2) is 33.3. The highest BCUT2D eigenvalue weighted by atomic mass is 16.5. The second-order valence-corrected chi connectivity index (χ2v) is 18.7. The van der Waals surface area contributed by atoms with Gasteiger partial charge >= 0.3 is 0 Å². The van der Waals surface area contributed by atoms with Gasteiger partial charge in [-0.25, -0.2) is 0 Å². The third-order valence-electron chi connectivity index (χ3n) is 12.1. The summed E-state index contributed by atoms with van der Waals surface area (Å²) in [6.45, 7) is 26.5. The summed E-state index contributed by atoms with van der Waals surface area (Å²) in [5.41, 5.74) is 15.9. The van der Waals surface area contributed by atoms with Crippen LogP contribution in [0, 0.1) is 6.92 Å². The van der Waals surface area contributed by atoms with Crippen LogP contribution >= 0.6 is 0 Å². The number of methoxy groups -OCH3 is 2. The van der Waals surface area contributed by atoms with E-state index in [-0.39, 0.29) is 23.0 Å². The molecule has 0 fully saturated rings. The molecule has 352 valence electrons. The van der Waals surface area contributed by atoms with Crippen molar-refractivity contribution in [1.82, 2.24) is 0 Å². The molecule has 0 saturated carbocycles. The van der Waals surface area contributed by atoms with Gasteiger partial charge in [-0.05, 0) is 205 Å². The molecule has 0 aliphatic rings. The number of allylic oxidation sites excluding steroid dienone is 20. The molecule has 1 aromatic carbocycles. The van der Waals surface area contributed by atoms with E-state index in [2.05, 4.69) is 137 Å². The molecule has 0 spiro atoms. The van der Waals surface area contributed by atoms with Crippen LogP contribution in [0.25, 0.3) is 0 Å². The number of hydrogen-bond acceptors (Lipinski definition) is 4. The number of aromatic hydroxyl groups is 2. The van der Waals surface area contributed by atoms with Gasteiger partial charge in [-0.2, -0.15) is 0 Å². The highest BCUT2D eigenvalue weighted by Gasteiger charge is 2.22. The SMILES string of the molecule is COc1c(O)c(C)c(C/C=C(\C)CC/C=C(\C)CC/C=C(\C)CC/C=C(\C)CC/C=C(/C)CC/C=C(\C)CC/C=C(\C)CC/C=C(\C)CC/C=C(\C)CCC=C(C)C)c(O)c1OC. The Morgan fingerprint density at radius 1 is 0.349 bits per heavy atom. The zero-order chi connectivity index (χ0) is 47.2. The fourth-order valence-corrected chi connectivity index (χ4v) is 7.62. The molecule has 0 bridgehead atoms.